The van der Waals surface area contributed by atoms with Crippen molar-refractivity contribution in [1.29, 1.82) is 0 Å². The van der Waals surface area contributed by atoms with Gasteiger partial charge in [0.15, 0.2) is 0 Å². The molecule has 1 fully saturated rings. The third-order valence-electron chi connectivity index (χ3n) is 5.24. The van der Waals surface area contributed by atoms with Gasteiger partial charge < -0.3 is 19.5 Å². The number of methoxy groups -OCH3 is 1. The van der Waals surface area contributed by atoms with E-state index in [0.717, 1.165) is 22.9 Å². The van der Waals surface area contributed by atoms with Crippen molar-refractivity contribution >= 4 is 34.1 Å². The van der Waals surface area contributed by atoms with Crippen molar-refractivity contribution < 1.29 is 14.3 Å². The first-order valence-corrected chi connectivity index (χ1v) is 9.35. The Labute approximate surface area is 163 Å². The normalized spacial score (nSPS) is 14.0. The fourth-order valence-electron chi connectivity index (χ4n) is 3.89. The van der Waals surface area contributed by atoms with E-state index in [4.69, 9.17) is 4.74 Å². The van der Waals surface area contributed by atoms with Crippen LogP contribution in [-0.2, 0) is 11.8 Å². The van der Waals surface area contributed by atoms with Crippen molar-refractivity contribution in [3.05, 3.63) is 53.7 Å². The molecular formula is C22H23N3O3. The first-order valence-electron chi connectivity index (χ1n) is 9.35. The summed E-state index contributed by atoms with van der Waals surface area (Å²) in [5, 5.41) is 3.87. The van der Waals surface area contributed by atoms with Gasteiger partial charge in [0.2, 0.25) is 5.91 Å². The van der Waals surface area contributed by atoms with Gasteiger partial charge in [0.25, 0.3) is 5.91 Å². The summed E-state index contributed by atoms with van der Waals surface area (Å²) >= 11 is 0. The van der Waals surface area contributed by atoms with Gasteiger partial charge in [-0.1, -0.05) is 23.8 Å². The van der Waals surface area contributed by atoms with Crippen LogP contribution >= 0.6 is 0 Å². The van der Waals surface area contributed by atoms with Crippen molar-refractivity contribution in [2.75, 3.05) is 23.9 Å². The number of nitrogens with one attached hydrogen (secondary N) is 1. The minimum absolute atomic E-state index is 0.0559. The number of anilines is 2. The fraction of sp³-hybridized carbons (Fsp3) is 0.273. The monoisotopic (exact) mass is 377 g/mol. The molecular weight excluding hydrogens is 354 g/mol. The molecule has 6 nitrogen and oxygen atoms in total. The van der Waals surface area contributed by atoms with E-state index in [1.807, 2.05) is 48.9 Å². The van der Waals surface area contributed by atoms with Crippen LogP contribution in [0.3, 0.4) is 0 Å². The molecule has 1 N–H and O–H groups in total. The SMILES string of the molecule is COc1ccccc1NC(=O)c1c(N2CCCC2=O)c2cc(C)ccc2n1C. The second kappa shape index (κ2) is 7.03. The van der Waals surface area contributed by atoms with Crippen LogP contribution in [0.1, 0.15) is 28.9 Å². The van der Waals surface area contributed by atoms with Gasteiger partial charge in [-0.15, -0.1) is 0 Å². The summed E-state index contributed by atoms with van der Waals surface area (Å²) in [5.74, 6) is 0.375. The van der Waals surface area contributed by atoms with Crippen LogP contribution in [0.2, 0.25) is 0 Å². The first-order chi connectivity index (χ1) is 13.5. The van der Waals surface area contributed by atoms with Crippen molar-refractivity contribution in [1.82, 2.24) is 4.57 Å². The van der Waals surface area contributed by atoms with E-state index in [1.54, 1.807) is 24.1 Å². The van der Waals surface area contributed by atoms with Crippen molar-refractivity contribution in [2.24, 2.45) is 7.05 Å². The Morgan fingerprint density at radius 1 is 1.18 bits per heavy atom. The molecule has 0 saturated carbocycles. The summed E-state index contributed by atoms with van der Waals surface area (Å²) < 4.78 is 7.21. The van der Waals surface area contributed by atoms with Crippen molar-refractivity contribution in [3.8, 4) is 5.75 Å². The maximum atomic E-state index is 13.3. The number of ether oxygens (including phenoxy) is 1. The number of carbonyl (C=O) groups excluding carboxylic acids is 2. The molecule has 0 bridgehead atoms. The van der Waals surface area contributed by atoms with Crippen LogP contribution < -0.4 is 15.0 Å². The molecule has 0 aliphatic carbocycles. The van der Waals surface area contributed by atoms with Crippen LogP contribution in [0.5, 0.6) is 5.75 Å². The molecule has 2 heterocycles. The number of hydrogen-bond donors (Lipinski definition) is 1. The lowest BCUT2D eigenvalue weighted by molar-refractivity contribution is -0.117. The molecule has 1 saturated heterocycles. The minimum atomic E-state index is -0.268. The summed E-state index contributed by atoms with van der Waals surface area (Å²) in [7, 11) is 3.43. The van der Waals surface area contributed by atoms with Gasteiger partial charge in [-0.2, -0.15) is 0 Å². The highest BCUT2D eigenvalue weighted by Crippen LogP contribution is 2.37. The van der Waals surface area contributed by atoms with Gasteiger partial charge in [-0.25, -0.2) is 0 Å². The zero-order chi connectivity index (χ0) is 19.8. The maximum Gasteiger partial charge on any atom is 0.274 e. The van der Waals surface area contributed by atoms with Crippen molar-refractivity contribution in [2.45, 2.75) is 19.8 Å². The van der Waals surface area contributed by atoms with E-state index in [9.17, 15) is 9.59 Å². The molecule has 3 aromatic rings. The predicted molar refractivity (Wildman–Crippen MR) is 110 cm³/mol. The largest absolute Gasteiger partial charge is 0.495 e. The second-order valence-corrected chi connectivity index (χ2v) is 7.08. The Balaban J connectivity index is 1.87. The number of fused-ring (bicyclic) bond motifs is 1. The lowest BCUT2D eigenvalue weighted by Crippen LogP contribution is -2.27. The number of aromatic nitrogens is 1. The number of benzene rings is 2. The zero-order valence-corrected chi connectivity index (χ0v) is 16.3. The quantitative estimate of drug-likeness (QED) is 0.751. The van der Waals surface area contributed by atoms with Crippen molar-refractivity contribution in [3.63, 3.8) is 0 Å². The molecule has 28 heavy (non-hydrogen) atoms. The molecule has 1 aliphatic rings. The third kappa shape index (κ3) is 2.91. The molecule has 0 unspecified atom stereocenters. The number of hydrogen-bond acceptors (Lipinski definition) is 3. The van der Waals surface area contributed by atoms with Gasteiger partial charge in [0, 0.05) is 25.4 Å². The lowest BCUT2D eigenvalue weighted by Gasteiger charge is -2.18. The summed E-state index contributed by atoms with van der Waals surface area (Å²) in [6.07, 6.45) is 1.31. The van der Waals surface area contributed by atoms with Gasteiger partial charge in [0.05, 0.1) is 24.0 Å². The standard InChI is InChI=1S/C22H23N3O3/c1-14-10-11-17-15(13-14)20(25-12-6-9-19(25)26)21(24(17)2)22(27)23-16-7-4-5-8-18(16)28-3/h4-5,7-8,10-11,13H,6,9,12H2,1-3H3,(H,23,27). The van der Waals surface area contributed by atoms with Crippen LogP contribution in [0.4, 0.5) is 11.4 Å². The highest BCUT2D eigenvalue weighted by atomic mass is 16.5. The summed E-state index contributed by atoms with van der Waals surface area (Å²) in [4.78, 5) is 27.6. The van der Waals surface area contributed by atoms with Gasteiger partial charge in [-0.3, -0.25) is 9.59 Å². The van der Waals surface area contributed by atoms with Gasteiger partial charge >= 0.3 is 0 Å². The minimum Gasteiger partial charge on any atom is -0.495 e. The third-order valence-corrected chi connectivity index (χ3v) is 5.24. The molecule has 1 aliphatic heterocycles. The molecule has 4 rings (SSSR count). The number of rotatable bonds is 4. The second-order valence-electron chi connectivity index (χ2n) is 7.08. The number of carbonyl (C=O) groups is 2. The van der Waals surface area contributed by atoms with E-state index >= 15 is 0 Å². The number of para-hydroxylation sites is 2. The molecule has 6 heteroatoms. The summed E-state index contributed by atoms with van der Waals surface area (Å²) in [6, 6.07) is 13.3. The molecule has 2 aromatic carbocycles. The van der Waals surface area contributed by atoms with Crippen LogP contribution in [0.15, 0.2) is 42.5 Å². The molecule has 1 aromatic heterocycles. The van der Waals surface area contributed by atoms with Gasteiger partial charge in [0.1, 0.15) is 11.4 Å². The lowest BCUT2D eigenvalue weighted by atomic mass is 10.1. The average Bonchev–Trinajstić information content (AvgIpc) is 3.22. The highest BCUT2D eigenvalue weighted by Gasteiger charge is 2.31. The van der Waals surface area contributed by atoms with E-state index in [1.165, 1.54) is 0 Å². The average molecular weight is 377 g/mol. The number of nitrogens with zero attached hydrogens (tertiary/aromatic N) is 2. The van der Waals surface area contributed by atoms with Crippen LogP contribution in [0, 0.1) is 6.92 Å². The Morgan fingerprint density at radius 2 is 1.96 bits per heavy atom. The Hall–Kier alpha value is -3.28. The van der Waals surface area contributed by atoms with Gasteiger partial charge in [-0.05, 0) is 37.6 Å². The molecule has 0 spiro atoms. The summed E-state index contributed by atoms with van der Waals surface area (Å²) in [5.41, 5.74) is 3.76. The zero-order valence-electron chi connectivity index (χ0n) is 16.3. The molecule has 0 radical (unpaired) electrons. The molecule has 0 atom stereocenters. The Bertz CT molecular complexity index is 1080. The Kier molecular flexibility index (Phi) is 4.55. The molecule has 2 amide bonds. The van der Waals surface area contributed by atoms with E-state index in [2.05, 4.69) is 5.32 Å². The number of amides is 2. The molecule has 144 valence electrons. The predicted octanol–water partition coefficient (Wildman–Crippen LogP) is 3.87. The summed E-state index contributed by atoms with van der Waals surface area (Å²) in [6.45, 7) is 2.64. The maximum absolute atomic E-state index is 13.3. The van der Waals surface area contributed by atoms with E-state index in [0.29, 0.717) is 35.8 Å². The highest BCUT2D eigenvalue weighted by molar-refractivity contribution is 6.17. The topological polar surface area (TPSA) is 63.6 Å². The number of aryl methyl sites for hydroxylation is 2. The van der Waals surface area contributed by atoms with E-state index < -0.39 is 0 Å². The smallest absolute Gasteiger partial charge is 0.274 e. The Morgan fingerprint density at radius 3 is 2.68 bits per heavy atom. The van der Waals surface area contributed by atoms with Crippen LogP contribution in [0.25, 0.3) is 10.9 Å². The van der Waals surface area contributed by atoms with Crippen LogP contribution in [-0.4, -0.2) is 30.0 Å². The van der Waals surface area contributed by atoms with E-state index in [-0.39, 0.29) is 11.8 Å². The first kappa shape index (κ1) is 18.1. The fourth-order valence-corrected chi connectivity index (χ4v) is 3.89.